The van der Waals surface area contributed by atoms with Crippen molar-refractivity contribution in [3.63, 3.8) is 0 Å². The SMILES string of the molecule is Cc1ccc(C#N)cc1S(=O)(=O)N(CCO)CCc1ccccc1. The Hall–Kier alpha value is -2.20. The fourth-order valence-electron chi connectivity index (χ4n) is 2.45. The van der Waals surface area contributed by atoms with Crippen LogP contribution in [0.5, 0.6) is 0 Å². The molecular weight excluding hydrogens is 324 g/mol. The van der Waals surface area contributed by atoms with Crippen LogP contribution in [0.2, 0.25) is 0 Å². The highest BCUT2D eigenvalue weighted by molar-refractivity contribution is 7.89. The van der Waals surface area contributed by atoms with Crippen LogP contribution in [0.3, 0.4) is 0 Å². The van der Waals surface area contributed by atoms with Crippen molar-refractivity contribution in [1.82, 2.24) is 4.31 Å². The molecule has 0 aromatic heterocycles. The Morgan fingerprint density at radius 3 is 2.46 bits per heavy atom. The van der Waals surface area contributed by atoms with Crippen molar-refractivity contribution in [2.24, 2.45) is 0 Å². The number of hydrogen-bond donors (Lipinski definition) is 1. The number of aliphatic hydroxyl groups excluding tert-OH is 1. The Labute approximate surface area is 142 Å². The zero-order valence-corrected chi connectivity index (χ0v) is 14.3. The van der Waals surface area contributed by atoms with E-state index in [2.05, 4.69) is 0 Å². The molecule has 0 bridgehead atoms. The molecule has 2 rings (SSSR count). The molecule has 0 aliphatic rings. The van der Waals surface area contributed by atoms with Gasteiger partial charge in [-0.25, -0.2) is 8.42 Å². The van der Waals surface area contributed by atoms with Crippen LogP contribution in [0, 0.1) is 18.3 Å². The first-order valence-electron chi connectivity index (χ1n) is 7.64. The summed E-state index contributed by atoms with van der Waals surface area (Å²) in [5, 5.41) is 18.3. The summed E-state index contributed by atoms with van der Waals surface area (Å²) < 4.78 is 27.1. The van der Waals surface area contributed by atoms with Gasteiger partial charge in [0.05, 0.1) is 23.1 Å². The van der Waals surface area contributed by atoms with Gasteiger partial charge in [-0.3, -0.25) is 0 Å². The average molecular weight is 344 g/mol. The van der Waals surface area contributed by atoms with E-state index in [1.165, 1.54) is 10.4 Å². The minimum absolute atomic E-state index is 0.0192. The second-order valence-corrected chi connectivity index (χ2v) is 7.36. The van der Waals surface area contributed by atoms with Gasteiger partial charge in [0.1, 0.15) is 0 Å². The quantitative estimate of drug-likeness (QED) is 0.834. The highest BCUT2D eigenvalue weighted by Gasteiger charge is 2.25. The van der Waals surface area contributed by atoms with Gasteiger partial charge in [-0.15, -0.1) is 0 Å². The average Bonchev–Trinajstić information content (AvgIpc) is 2.59. The van der Waals surface area contributed by atoms with Crippen LogP contribution in [0.1, 0.15) is 16.7 Å². The molecule has 0 heterocycles. The van der Waals surface area contributed by atoms with E-state index in [0.717, 1.165) is 5.56 Å². The first-order valence-corrected chi connectivity index (χ1v) is 9.08. The lowest BCUT2D eigenvalue weighted by Crippen LogP contribution is -2.35. The second kappa shape index (κ2) is 8.06. The highest BCUT2D eigenvalue weighted by Crippen LogP contribution is 2.21. The van der Waals surface area contributed by atoms with Gasteiger partial charge in [-0.05, 0) is 36.6 Å². The van der Waals surface area contributed by atoms with Gasteiger partial charge in [0.2, 0.25) is 10.0 Å². The predicted octanol–water partition coefficient (Wildman–Crippen LogP) is 2.09. The number of nitriles is 1. The van der Waals surface area contributed by atoms with Gasteiger partial charge in [-0.2, -0.15) is 9.57 Å². The summed E-state index contributed by atoms with van der Waals surface area (Å²) >= 11 is 0. The number of sulfonamides is 1. The van der Waals surface area contributed by atoms with E-state index in [9.17, 15) is 13.5 Å². The molecule has 0 aliphatic heterocycles. The lowest BCUT2D eigenvalue weighted by Gasteiger charge is -2.22. The zero-order valence-electron chi connectivity index (χ0n) is 13.5. The number of rotatable bonds is 7. The smallest absolute Gasteiger partial charge is 0.243 e. The Morgan fingerprint density at radius 2 is 1.83 bits per heavy atom. The van der Waals surface area contributed by atoms with E-state index in [-0.39, 0.29) is 24.6 Å². The van der Waals surface area contributed by atoms with Gasteiger partial charge in [0.15, 0.2) is 0 Å². The second-order valence-electron chi connectivity index (χ2n) is 5.46. The summed E-state index contributed by atoms with van der Waals surface area (Å²) in [7, 11) is -3.77. The van der Waals surface area contributed by atoms with E-state index < -0.39 is 10.0 Å². The van der Waals surface area contributed by atoms with Crippen LogP contribution in [-0.4, -0.2) is 37.5 Å². The largest absolute Gasteiger partial charge is 0.395 e. The molecule has 0 amide bonds. The first kappa shape index (κ1) is 18.1. The third-order valence-corrected chi connectivity index (χ3v) is 5.82. The van der Waals surface area contributed by atoms with Crippen LogP contribution in [-0.2, 0) is 16.4 Å². The van der Waals surface area contributed by atoms with E-state index in [1.54, 1.807) is 19.1 Å². The number of hydrogen-bond acceptors (Lipinski definition) is 4. The monoisotopic (exact) mass is 344 g/mol. The van der Waals surface area contributed by atoms with Crippen molar-refractivity contribution in [1.29, 1.82) is 5.26 Å². The zero-order chi connectivity index (χ0) is 17.6. The Morgan fingerprint density at radius 1 is 1.12 bits per heavy atom. The highest BCUT2D eigenvalue weighted by atomic mass is 32.2. The molecule has 0 fully saturated rings. The summed E-state index contributed by atoms with van der Waals surface area (Å²) in [6.07, 6.45) is 0.553. The molecule has 2 aromatic carbocycles. The van der Waals surface area contributed by atoms with Crippen LogP contribution < -0.4 is 0 Å². The fraction of sp³-hybridized carbons (Fsp3) is 0.278. The molecule has 0 saturated carbocycles. The van der Waals surface area contributed by atoms with Crippen LogP contribution in [0.4, 0.5) is 0 Å². The van der Waals surface area contributed by atoms with Crippen LogP contribution in [0.25, 0.3) is 0 Å². The molecule has 0 aliphatic carbocycles. The van der Waals surface area contributed by atoms with Gasteiger partial charge < -0.3 is 5.11 Å². The number of nitrogens with zero attached hydrogens (tertiary/aromatic N) is 2. The maximum Gasteiger partial charge on any atom is 0.243 e. The van der Waals surface area contributed by atoms with E-state index in [4.69, 9.17) is 5.26 Å². The van der Waals surface area contributed by atoms with Gasteiger partial charge >= 0.3 is 0 Å². The molecule has 24 heavy (non-hydrogen) atoms. The van der Waals surface area contributed by atoms with Crippen molar-refractivity contribution in [2.45, 2.75) is 18.2 Å². The van der Waals surface area contributed by atoms with Crippen molar-refractivity contribution in [3.05, 3.63) is 65.2 Å². The van der Waals surface area contributed by atoms with Crippen molar-refractivity contribution < 1.29 is 13.5 Å². The van der Waals surface area contributed by atoms with Crippen LogP contribution in [0.15, 0.2) is 53.4 Å². The molecule has 2 aromatic rings. The minimum Gasteiger partial charge on any atom is -0.395 e. The van der Waals surface area contributed by atoms with Crippen LogP contribution >= 0.6 is 0 Å². The lowest BCUT2D eigenvalue weighted by molar-refractivity contribution is 0.254. The van der Waals surface area contributed by atoms with Gasteiger partial charge in [-0.1, -0.05) is 36.4 Å². The Balaban J connectivity index is 2.30. The van der Waals surface area contributed by atoms with Crippen molar-refractivity contribution in [3.8, 4) is 6.07 Å². The molecule has 0 atom stereocenters. The summed E-state index contributed by atoms with van der Waals surface area (Å²) in [5.74, 6) is 0. The molecule has 0 spiro atoms. The third-order valence-electron chi connectivity index (χ3n) is 3.78. The molecule has 5 nitrogen and oxygen atoms in total. The van der Waals surface area contributed by atoms with Gasteiger partial charge in [0.25, 0.3) is 0 Å². The number of aryl methyl sites for hydroxylation is 1. The Kier molecular flexibility index (Phi) is 6.10. The molecule has 126 valence electrons. The molecular formula is C18H20N2O3S. The molecule has 1 N–H and O–H groups in total. The number of benzene rings is 2. The van der Waals surface area contributed by atoms with Crippen molar-refractivity contribution >= 4 is 10.0 Å². The fourth-order valence-corrected chi connectivity index (χ4v) is 4.13. The Bertz CT molecular complexity index is 827. The summed E-state index contributed by atoms with van der Waals surface area (Å²) in [6.45, 7) is 1.72. The third kappa shape index (κ3) is 4.20. The first-order chi connectivity index (χ1) is 11.5. The molecule has 0 saturated heterocycles. The van der Waals surface area contributed by atoms with Crippen molar-refractivity contribution in [2.75, 3.05) is 19.7 Å². The topological polar surface area (TPSA) is 81.4 Å². The summed E-state index contributed by atoms with van der Waals surface area (Å²) in [5.41, 5.74) is 1.90. The molecule has 6 heteroatoms. The van der Waals surface area contributed by atoms with E-state index in [1.807, 2.05) is 36.4 Å². The maximum atomic E-state index is 12.9. The lowest BCUT2D eigenvalue weighted by atomic mass is 10.1. The minimum atomic E-state index is -3.77. The maximum absolute atomic E-state index is 12.9. The summed E-state index contributed by atoms with van der Waals surface area (Å²) in [6, 6.07) is 16.2. The van der Waals surface area contributed by atoms with E-state index in [0.29, 0.717) is 17.5 Å². The summed E-state index contributed by atoms with van der Waals surface area (Å²) in [4.78, 5) is 0.114. The number of aliphatic hydroxyl groups is 1. The molecule has 0 radical (unpaired) electrons. The van der Waals surface area contributed by atoms with E-state index >= 15 is 0 Å². The predicted molar refractivity (Wildman–Crippen MR) is 91.9 cm³/mol. The molecule has 0 unspecified atom stereocenters. The standard InChI is InChI=1S/C18H20N2O3S/c1-15-7-8-17(14-19)13-18(15)24(22,23)20(11-12-21)10-9-16-5-3-2-4-6-16/h2-8,13,21H,9-12H2,1H3. The van der Waals surface area contributed by atoms with Gasteiger partial charge in [0, 0.05) is 13.1 Å². The normalized spacial score (nSPS) is 11.4.